The van der Waals surface area contributed by atoms with Gasteiger partial charge in [0.1, 0.15) is 12.4 Å². The van der Waals surface area contributed by atoms with Crippen LogP contribution in [0.5, 0.6) is 5.75 Å². The van der Waals surface area contributed by atoms with E-state index in [-0.39, 0.29) is 11.1 Å². The predicted molar refractivity (Wildman–Crippen MR) is 71.2 cm³/mol. The van der Waals surface area contributed by atoms with Crippen molar-refractivity contribution < 1.29 is 14.3 Å². The molecular formula is C13H11NO3S. The molecule has 1 saturated heterocycles. The fourth-order valence-electron chi connectivity index (χ4n) is 1.39. The van der Waals surface area contributed by atoms with Crippen molar-refractivity contribution in [3.63, 3.8) is 0 Å². The van der Waals surface area contributed by atoms with Gasteiger partial charge in [0.2, 0.25) is 0 Å². The van der Waals surface area contributed by atoms with Crippen molar-refractivity contribution in [2.45, 2.75) is 0 Å². The number of thioether (sulfide) groups is 1. The van der Waals surface area contributed by atoms with Crippen molar-refractivity contribution in [2.75, 3.05) is 6.61 Å². The van der Waals surface area contributed by atoms with Gasteiger partial charge in [0, 0.05) is 0 Å². The largest absolute Gasteiger partial charge is 0.490 e. The number of amides is 2. The van der Waals surface area contributed by atoms with Crippen molar-refractivity contribution in [3.05, 3.63) is 47.4 Å². The lowest BCUT2D eigenvalue weighted by Gasteiger charge is -2.02. The number of hydrogen-bond donors (Lipinski definition) is 1. The number of carbonyl (C=O) groups excluding carboxylic acids is 2. The highest BCUT2D eigenvalue weighted by Gasteiger charge is 2.24. The summed E-state index contributed by atoms with van der Waals surface area (Å²) in [6.07, 6.45) is 3.34. The Morgan fingerprint density at radius 2 is 2.00 bits per heavy atom. The highest BCUT2D eigenvalue weighted by atomic mass is 32.2. The van der Waals surface area contributed by atoms with Gasteiger partial charge in [-0.15, -0.1) is 0 Å². The first kappa shape index (κ1) is 12.4. The van der Waals surface area contributed by atoms with Crippen molar-refractivity contribution >= 4 is 29.0 Å². The molecule has 0 bridgehead atoms. The van der Waals surface area contributed by atoms with Crippen LogP contribution >= 0.6 is 11.8 Å². The van der Waals surface area contributed by atoms with Gasteiger partial charge in [0.25, 0.3) is 11.1 Å². The van der Waals surface area contributed by atoms with E-state index in [2.05, 4.69) is 11.9 Å². The maximum absolute atomic E-state index is 11.3. The second kappa shape index (κ2) is 5.55. The van der Waals surface area contributed by atoms with Gasteiger partial charge in [-0.2, -0.15) is 0 Å². The van der Waals surface area contributed by atoms with E-state index in [1.807, 2.05) is 12.1 Å². The monoisotopic (exact) mass is 261 g/mol. The second-order valence-electron chi connectivity index (χ2n) is 3.52. The highest BCUT2D eigenvalue weighted by molar-refractivity contribution is 8.18. The molecule has 2 rings (SSSR count). The zero-order chi connectivity index (χ0) is 13.0. The van der Waals surface area contributed by atoms with Gasteiger partial charge >= 0.3 is 0 Å². The van der Waals surface area contributed by atoms with E-state index in [1.54, 1.807) is 24.3 Å². The minimum absolute atomic E-state index is 0.336. The molecule has 0 radical (unpaired) electrons. The first-order valence-electron chi connectivity index (χ1n) is 5.27. The summed E-state index contributed by atoms with van der Waals surface area (Å²) in [6, 6.07) is 7.24. The Kier molecular flexibility index (Phi) is 3.84. The van der Waals surface area contributed by atoms with Crippen molar-refractivity contribution in [3.8, 4) is 5.75 Å². The molecule has 1 heterocycles. The first-order chi connectivity index (χ1) is 8.69. The van der Waals surface area contributed by atoms with E-state index in [0.717, 1.165) is 23.1 Å². The van der Waals surface area contributed by atoms with E-state index in [1.165, 1.54) is 0 Å². The Hall–Kier alpha value is -2.01. The van der Waals surface area contributed by atoms with Crippen LogP contribution < -0.4 is 10.1 Å². The van der Waals surface area contributed by atoms with Crippen molar-refractivity contribution in [1.29, 1.82) is 0 Å². The summed E-state index contributed by atoms with van der Waals surface area (Å²) in [4.78, 5) is 22.7. The third-order valence-corrected chi connectivity index (χ3v) is 3.00. The standard InChI is InChI=1S/C13H11NO3S/c1-2-7-17-10-5-3-9(4-6-10)8-11-12(15)14-13(16)18-11/h2-6,8H,1,7H2,(H,14,15,16)/b11-8-. The van der Waals surface area contributed by atoms with Gasteiger partial charge in [0.05, 0.1) is 4.91 Å². The van der Waals surface area contributed by atoms with Crippen LogP contribution in [-0.4, -0.2) is 17.8 Å². The van der Waals surface area contributed by atoms with E-state index < -0.39 is 0 Å². The number of ether oxygens (including phenoxy) is 1. The number of benzene rings is 1. The molecule has 0 aliphatic carbocycles. The number of carbonyl (C=O) groups is 2. The third-order valence-electron chi connectivity index (χ3n) is 2.19. The average Bonchev–Trinajstić information content (AvgIpc) is 2.67. The highest BCUT2D eigenvalue weighted by Crippen LogP contribution is 2.26. The zero-order valence-corrected chi connectivity index (χ0v) is 10.3. The smallest absolute Gasteiger partial charge is 0.290 e. The molecule has 1 aromatic rings. The van der Waals surface area contributed by atoms with Gasteiger partial charge in [-0.3, -0.25) is 14.9 Å². The van der Waals surface area contributed by atoms with E-state index in [4.69, 9.17) is 4.74 Å². The molecule has 0 aromatic heterocycles. The van der Waals surface area contributed by atoms with Gasteiger partial charge in [-0.05, 0) is 35.5 Å². The lowest BCUT2D eigenvalue weighted by atomic mass is 10.2. The molecule has 1 N–H and O–H groups in total. The molecule has 18 heavy (non-hydrogen) atoms. The van der Waals surface area contributed by atoms with Crippen LogP contribution in [0.1, 0.15) is 5.56 Å². The van der Waals surface area contributed by atoms with Crippen LogP contribution in [0.3, 0.4) is 0 Å². The predicted octanol–water partition coefficient (Wildman–Crippen LogP) is 2.58. The maximum Gasteiger partial charge on any atom is 0.290 e. The number of hydrogen-bond acceptors (Lipinski definition) is 4. The molecular weight excluding hydrogens is 250 g/mol. The maximum atomic E-state index is 11.3. The number of imide groups is 1. The Morgan fingerprint density at radius 3 is 2.56 bits per heavy atom. The molecule has 1 aliphatic heterocycles. The Morgan fingerprint density at radius 1 is 1.28 bits per heavy atom. The third kappa shape index (κ3) is 3.01. The molecule has 1 aromatic carbocycles. The van der Waals surface area contributed by atoms with Crippen LogP contribution in [-0.2, 0) is 4.79 Å². The van der Waals surface area contributed by atoms with Gasteiger partial charge in [-0.1, -0.05) is 24.8 Å². The van der Waals surface area contributed by atoms with Gasteiger partial charge in [-0.25, -0.2) is 0 Å². The van der Waals surface area contributed by atoms with E-state index in [9.17, 15) is 9.59 Å². The molecule has 1 fully saturated rings. The second-order valence-corrected chi connectivity index (χ2v) is 4.54. The summed E-state index contributed by atoms with van der Waals surface area (Å²) >= 11 is 0.904. The summed E-state index contributed by atoms with van der Waals surface area (Å²) in [7, 11) is 0. The van der Waals surface area contributed by atoms with Crippen LogP contribution in [0.4, 0.5) is 4.79 Å². The lowest BCUT2D eigenvalue weighted by Crippen LogP contribution is -2.17. The molecule has 0 saturated carbocycles. The van der Waals surface area contributed by atoms with Crippen LogP contribution in [0.25, 0.3) is 6.08 Å². The van der Waals surface area contributed by atoms with E-state index >= 15 is 0 Å². The molecule has 0 unspecified atom stereocenters. The topological polar surface area (TPSA) is 55.4 Å². The molecule has 2 amide bonds. The fraction of sp³-hybridized carbons (Fsp3) is 0.0769. The first-order valence-corrected chi connectivity index (χ1v) is 6.09. The summed E-state index contributed by atoms with van der Waals surface area (Å²) in [5, 5.41) is 1.87. The average molecular weight is 261 g/mol. The Labute approximate surface area is 109 Å². The number of nitrogens with one attached hydrogen (secondary N) is 1. The fourth-order valence-corrected chi connectivity index (χ4v) is 2.07. The van der Waals surface area contributed by atoms with Gasteiger partial charge in [0.15, 0.2) is 0 Å². The van der Waals surface area contributed by atoms with Crippen LogP contribution in [0.2, 0.25) is 0 Å². The van der Waals surface area contributed by atoms with Crippen LogP contribution in [0.15, 0.2) is 41.8 Å². The minimum Gasteiger partial charge on any atom is -0.490 e. The lowest BCUT2D eigenvalue weighted by molar-refractivity contribution is -0.115. The molecule has 92 valence electrons. The summed E-state index contributed by atoms with van der Waals surface area (Å²) < 4.78 is 5.34. The normalized spacial score (nSPS) is 16.8. The van der Waals surface area contributed by atoms with Crippen molar-refractivity contribution in [1.82, 2.24) is 5.32 Å². The molecule has 5 heteroatoms. The van der Waals surface area contributed by atoms with Gasteiger partial charge < -0.3 is 4.74 Å². The minimum atomic E-state index is -0.350. The summed E-state index contributed by atoms with van der Waals surface area (Å²) in [5.41, 5.74) is 0.841. The number of rotatable bonds is 4. The Bertz CT molecular complexity index is 520. The molecule has 0 spiro atoms. The van der Waals surface area contributed by atoms with Crippen LogP contribution in [0, 0.1) is 0 Å². The SMILES string of the molecule is C=CCOc1ccc(/C=C2\SC(=O)NC2=O)cc1. The Balaban J connectivity index is 2.10. The van der Waals surface area contributed by atoms with Crippen molar-refractivity contribution in [2.24, 2.45) is 0 Å². The van der Waals surface area contributed by atoms with E-state index in [0.29, 0.717) is 11.5 Å². The molecule has 0 atom stereocenters. The zero-order valence-electron chi connectivity index (χ0n) is 9.51. The molecule has 4 nitrogen and oxygen atoms in total. The quantitative estimate of drug-likeness (QED) is 0.668. The summed E-state index contributed by atoms with van der Waals surface area (Å²) in [5.74, 6) is 0.383. The summed E-state index contributed by atoms with van der Waals surface area (Å²) in [6.45, 7) is 4.02. The molecule has 1 aliphatic rings.